The SMILES string of the molecule is CC(C)[C@@H]1CC[C@@H](C)C[C@H]1OC(=O)CC(=O)CCCc1ccccc1. The molecule has 0 spiro atoms. The molecule has 0 saturated heterocycles. The molecule has 0 N–H and O–H groups in total. The van der Waals surface area contributed by atoms with Crippen LogP contribution < -0.4 is 0 Å². The summed E-state index contributed by atoms with van der Waals surface area (Å²) in [6.45, 7) is 6.60. The highest BCUT2D eigenvalue weighted by atomic mass is 16.5. The van der Waals surface area contributed by atoms with Crippen LogP contribution in [0.15, 0.2) is 30.3 Å². The predicted molar refractivity (Wildman–Crippen MR) is 100 cm³/mol. The van der Waals surface area contributed by atoms with Crippen molar-refractivity contribution in [1.82, 2.24) is 0 Å². The van der Waals surface area contributed by atoms with Crippen LogP contribution in [0.3, 0.4) is 0 Å². The van der Waals surface area contributed by atoms with Gasteiger partial charge in [0.05, 0.1) is 0 Å². The van der Waals surface area contributed by atoms with E-state index >= 15 is 0 Å². The van der Waals surface area contributed by atoms with E-state index in [2.05, 4.69) is 32.9 Å². The number of rotatable bonds is 8. The van der Waals surface area contributed by atoms with E-state index in [0.29, 0.717) is 24.2 Å². The van der Waals surface area contributed by atoms with E-state index in [4.69, 9.17) is 4.74 Å². The molecule has 1 aromatic carbocycles. The van der Waals surface area contributed by atoms with Crippen molar-refractivity contribution in [2.45, 2.75) is 71.8 Å². The van der Waals surface area contributed by atoms with Gasteiger partial charge in [-0.25, -0.2) is 0 Å². The lowest BCUT2D eigenvalue weighted by Crippen LogP contribution is -2.36. The van der Waals surface area contributed by atoms with Crippen LogP contribution in [0.1, 0.15) is 64.9 Å². The molecule has 3 heteroatoms. The van der Waals surface area contributed by atoms with E-state index in [1.807, 2.05) is 18.2 Å². The topological polar surface area (TPSA) is 43.4 Å². The Kier molecular flexibility index (Phi) is 7.67. The molecule has 0 aliphatic heterocycles. The first-order valence-corrected chi connectivity index (χ1v) is 9.70. The maximum Gasteiger partial charge on any atom is 0.313 e. The molecule has 0 bridgehead atoms. The minimum atomic E-state index is -0.338. The molecule has 0 amide bonds. The van der Waals surface area contributed by atoms with Crippen LogP contribution >= 0.6 is 0 Å². The van der Waals surface area contributed by atoms with Crippen molar-refractivity contribution in [2.24, 2.45) is 17.8 Å². The zero-order chi connectivity index (χ0) is 18.2. The number of esters is 1. The molecule has 3 nitrogen and oxygen atoms in total. The third-order valence-electron chi connectivity index (χ3n) is 5.35. The molecule has 1 fully saturated rings. The Morgan fingerprint density at radius 3 is 2.56 bits per heavy atom. The number of hydrogen-bond donors (Lipinski definition) is 0. The van der Waals surface area contributed by atoms with Crippen molar-refractivity contribution in [3.63, 3.8) is 0 Å². The van der Waals surface area contributed by atoms with Crippen molar-refractivity contribution >= 4 is 11.8 Å². The molecular weight excluding hydrogens is 312 g/mol. The number of carbonyl (C=O) groups is 2. The number of ketones is 1. The van der Waals surface area contributed by atoms with Crippen molar-refractivity contribution < 1.29 is 14.3 Å². The van der Waals surface area contributed by atoms with Crippen LogP contribution in [0.25, 0.3) is 0 Å². The highest BCUT2D eigenvalue weighted by Gasteiger charge is 2.33. The first kappa shape index (κ1) is 19.7. The lowest BCUT2D eigenvalue weighted by Gasteiger charge is -2.36. The Balaban J connectivity index is 1.73. The first-order chi connectivity index (χ1) is 12.0. The van der Waals surface area contributed by atoms with E-state index in [0.717, 1.165) is 25.7 Å². The minimum Gasteiger partial charge on any atom is -0.462 e. The van der Waals surface area contributed by atoms with Crippen LogP contribution in [0, 0.1) is 17.8 Å². The van der Waals surface area contributed by atoms with E-state index < -0.39 is 0 Å². The van der Waals surface area contributed by atoms with Gasteiger partial charge in [0.2, 0.25) is 0 Å². The van der Waals surface area contributed by atoms with E-state index in [-0.39, 0.29) is 24.3 Å². The van der Waals surface area contributed by atoms with Gasteiger partial charge in [-0.2, -0.15) is 0 Å². The van der Waals surface area contributed by atoms with Gasteiger partial charge < -0.3 is 4.74 Å². The Morgan fingerprint density at radius 2 is 1.88 bits per heavy atom. The number of hydrogen-bond acceptors (Lipinski definition) is 3. The van der Waals surface area contributed by atoms with E-state index in [1.165, 1.54) is 12.0 Å². The second kappa shape index (κ2) is 9.74. The molecule has 138 valence electrons. The number of carbonyl (C=O) groups excluding carboxylic acids is 2. The molecule has 0 unspecified atom stereocenters. The van der Waals surface area contributed by atoms with Crippen LogP contribution in [0.5, 0.6) is 0 Å². The summed E-state index contributed by atoms with van der Waals surface area (Å²) in [5, 5.41) is 0. The maximum atomic E-state index is 12.2. The average Bonchev–Trinajstić information content (AvgIpc) is 2.55. The molecule has 1 aliphatic carbocycles. The largest absolute Gasteiger partial charge is 0.462 e. The Labute approximate surface area is 152 Å². The lowest BCUT2D eigenvalue weighted by atomic mass is 9.75. The smallest absolute Gasteiger partial charge is 0.313 e. The standard InChI is InChI=1S/C22H32O3/c1-16(2)20-13-12-17(3)14-21(20)25-22(24)15-19(23)11-7-10-18-8-5-4-6-9-18/h4-6,8-9,16-17,20-21H,7,10-15H2,1-3H3/t17-,20+,21-/m1/s1. The summed E-state index contributed by atoms with van der Waals surface area (Å²) in [6.07, 6.45) is 5.24. The summed E-state index contributed by atoms with van der Waals surface area (Å²) in [5.41, 5.74) is 1.23. The zero-order valence-electron chi connectivity index (χ0n) is 15.9. The summed E-state index contributed by atoms with van der Waals surface area (Å²) in [5.74, 6) is 1.18. The Morgan fingerprint density at radius 1 is 1.16 bits per heavy atom. The monoisotopic (exact) mass is 344 g/mol. The molecule has 25 heavy (non-hydrogen) atoms. The van der Waals surface area contributed by atoms with Gasteiger partial charge >= 0.3 is 5.97 Å². The Bertz CT molecular complexity index is 550. The molecular formula is C22H32O3. The fourth-order valence-corrected chi connectivity index (χ4v) is 3.84. The van der Waals surface area contributed by atoms with Gasteiger partial charge in [-0.1, -0.05) is 57.5 Å². The molecule has 3 atom stereocenters. The second-order valence-electron chi connectivity index (χ2n) is 7.91. The quantitative estimate of drug-likeness (QED) is 0.494. The second-order valence-corrected chi connectivity index (χ2v) is 7.91. The van der Waals surface area contributed by atoms with Crippen LogP contribution in [-0.4, -0.2) is 17.9 Å². The van der Waals surface area contributed by atoms with Gasteiger partial charge in [0.1, 0.15) is 18.3 Å². The number of ether oxygens (including phenoxy) is 1. The van der Waals surface area contributed by atoms with E-state index in [1.54, 1.807) is 0 Å². The van der Waals surface area contributed by atoms with Gasteiger partial charge in [-0.15, -0.1) is 0 Å². The van der Waals surface area contributed by atoms with Crippen LogP contribution in [0.4, 0.5) is 0 Å². The third-order valence-corrected chi connectivity index (χ3v) is 5.35. The van der Waals surface area contributed by atoms with Crippen molar-refractivity contribution in [3.8, 4) is 0 Å². The molecule has 2 rings (SSSR count). The zero-order valence-corrected chi connectivity index (χ0v) is 15.9. The Hall–Kier alpha value is -1.64. The predicted octanol–water partition coefficient (Wildman–Crippen LogP) is 4.97. The average molecular weight is 344 g/mol. The van der Waals surface area contributed by atoms with Gasteiger partial charge in [0.25, 0.3) is 0 Å². The highest BCUT2D eigenvalue weighted by molar-refractivity contribution is 5.95. The van der Waals surface area contributed by atoms with Gasteiger partial charge in [0, 0.05) is 6.42 Å². The lowest BCUT2D eigenvalue weighted by molar-refractivity contribution is -0.157. The van der Waals surface area contributed by atoms with Crippen molar-refractivity contribution in [3.05, 3.63) is 35.9 Å². The minimum absolute atomic E-state index is 0.00844. The third kappa shape index (κ3) is 6.64. The van der Waals surface area contributed by atoms with Crippen molar-refractivity contribution in [1.29, 1.82) is 0 Å². The van der Waals surface area contributed by atoms with Crippen molar-refractivity contribution in [2.75, 3.05) is 0 Å². The van der Waals surface area contributed by atoms with Crippen LogP contribution in [-0.2, 0) is 20.7 Å². The molecule has 1 aromatic rings. The molecule has 0 aromatic heterocycles. The summed E-state index contributed by atoms with van der Waals surface area (Å²) in [7, 11) is 0. The molecule has 0 radical (unpaired) electrons. The highest BCUT2D eigenvalue weighted by Crippen LogP contribution is 2.35. The van der Waals surface area contributed by atoms with Gasteiger partial charge in [-0.05, 0) is 49.0 Å². The summed E-state index contributed by atoms with van der Waals surface area (Å²) in [4.78, 5) is 24.3. The molecule has 0 heterocycles. The number of benzene rings is 1. The fourth-order valence-electron chi connectivity index (χ4n) is 3.84. The van der Waals surface area contributed by atoms with Gasteiger partial charge in [0.15, 0.2) is 0 Å². The van der Waals surface area contributed by atoms with E-state index in [9.17, 15) is 9.59 Å². The fraction of sp³-hybridized carbons (Fsp3) is 0.636. The first-order valence-electron chi connectivity index (χ1n) is 9.70. The summed E-state index contributed by atoms with van der Waals surface area (Å²) < 4.78 is 5.71. The summed E-state index contributed by atoms with van der Waals surface area (Å²) >= 11 is 0. The maximum absolute atomic E-state index is 12.2. The number of aryl methyl sites for hydroxylation is 1. The normalized spacial score (nSPS) is 23.4. The number of Topliss-reactive ketones (excluding diaryl/α,β-unsaturated/α-hetero) is 1. The summed E-state index contributed by atoms with van der Waals surface area (Å²) in [6, 6.07) is 10.1. The molecule has 1 aliphatic rings. The van der Waals surface area contributed by atoms with Gasteiger partial charge in [-0.3, -0.25) is 9.59 Å². The van der Waals surface area contributed by atoms with Crippen LogP contribution in [0.2, 0.25) is 0 Å². The molecule has 1 saturated carbocycles.